The molecule has 20 heavy (non-hydrogen) atoms. The second-order valence-electron chi connectivity index (χ2n) is 5.16. The van der Waals surface area contributed by atoms with Crippen molar-refractivity contribution in [1.29, 1.82) is 0 Å². The van der Waals surface area contributed by atoms with E-state index in [1.54, 1.807) is 6.07 Å². The van der Waals surface area contributed by atoms with E-state index in [9.17, 15) is 4.79 Å². The van der Waals surface area contributed by atoms with Gasteiger partial charge in [-0.25, -0.2) is 4.98 Å². The summed E-state index contributed by atoms with van der Waals surface area (Å²) in [4.78, 5) is 16.6. The van der Waals surface area contributed by atoms with Crippen LogP contribution >= 0.6 is 0 Å². The quantitative estimate of drug-likeness (QED) is 0.880. The van der Waals surface area contributed by atoms with Gasteiger partial charge in [-0.2, -0.15) is 0 Å². The highest BCUT2D eigenvalue weighted by Crippen LogP contribution is 2.19. The van der Waals surface area contributed by atoms with Gasteiger partial charge in [0.25, 0.3) is 5.91 Å². The molecule has 104 valence electrons. The number of nitrogens with zero attached hydrogens (tertiary/aromatic N) is 1. The first-order valence-corrected chi connectivity index (χ1v) is 6.50. The molecule has 0 bridgehead atoms. The Kier molecular flexibility index (Phi) is 3.74. The topological polar surface area (TPSA) is 68.0 Å². The number of nitrogen functional groups attached to an aromatic ring is 1. The first kappa shape index (κ1) is 14.1. The maximum absolute atomic E-state index is 12.4. The SMILES string of the molecule is Cc1cc(C)c(C(=O)Nc2ncc(N)cc2C)c(C)c1. The van der Waals surface area contributed by atoms with Gasteiger partial charge < -0.3 is 11.1 Å². The maximum Gasteiger partial charge on any atom is 0.257 e. The molecule has 0 atom stereocenters. The smallest absolute Gasteiger partial charge is 0.257 e. The van der Waals surface area contributed by atoms with Gasteiger partial charge in [0, 0.05) is 5.56 Å². The summed E-state index contributed by atoms with van der Waals surface area (Å²) in [6.45, 7) is 7.78. The van der Waals surface area contributed by atoms with Crippen LogP contribution in [-0.2, 0) is 0 Å². The van der Waals surface area contributed by atoms with Gasteiger partial charge in [0.05, 0.1) is 11.9 Å². The normalized spacial score (nSPS) is 10.4. The molecule has 4 nitrogen and oxygen atoms in total. The summed E-state index contributed by atoms with van der Waals surface area (Å²) in [5.74, 6) is 0.406. The minimum Gasteiger partial charge on any atom is -0.397 e. The zero-order valence-corrected chi connectivity index (χ0v) is 12.2. The van der Waals surface area contributed by atoms with Crippen molar-refractivity contribution in [3.63, 3.8) is 0 Å². The first-order valence-electron chi connectivity index (χ1n) is 6.50. The number of carbonyl (C=O) groups is 1. The third-order valence-corrected chi connectivity index (χ3v) is 3.24. The van der Waals surface area contributed by atoms with Crippen LogP contribution in [0.5, 0.6) is 0 Å². The zero-order chi connectivity index (χ0) is 14.9. The largest absolute Gasteiger partial charge is 0.397 e. The Hall–Kier alpha value is -2.36. The van der Waals surface area contributed by atoms with Crippen molar-refractivity contribution < 1.29 is 4.79 Å². The molecule has 4 heteroatoms. The maximum atomic E-state index is 12.4. The highest BCUT2D eigenvalue weighted by atomic mass is 16.1. The van der Waals surface area contributed by atoms with Gasteiger partial charge in [0.2, 0.25) is 0 Å². The summed E-state index contributed by atoms with van der Waals surface area (Å²) < 4.78 is 0. The van der Waals surface area contributed by atoms with Crippen LogP contribution in [-0.4, -0.2) is 10.9 Å². The van der Waals surface area contributed by atoms with Crippen molar-refractivity contribution in [3.8, 4) is 0 Å². The molecule has 0 fully saturated rings. The Labute approximate surface area is 119 Å². The number of carbonyl (C=O) groups excluding carboxylic acids is 1. The van der Waals surface area contributed by atoms with Gasteiger partial charge in [0.15, 0.2) is 0 Å². The fourth-order valence-electron chi connectivity index (χ4n) is 2.44. The Balaban J connectivity index is 2.33. The van der Waals surface area contributed by atoms with Crippen molar-refractivity contribution in [2.45, 2.75) is 27.7 Å². The zero-order valence-electron chi connectivity index (χ0n) is 12.2. The molecule has 1 amide bonds. The summed E-state index contributed by atoms with van der Waals surface area (Å²) in [7, 11) is 0. The van der Waals surface area contributed by atoms with E-state index in [0.717, 1.165) is 22.3 Å². The summed E-state index contributed by atoms with van der Waals surface area (Å²) >= 11 is 0. The van der Waals surface area contributed by atoms with Crippen LogP contribution in [0.2, 0.25) is 0 Å². The van der Waals surface area contributed by atoms with Crippen molar-refractivity contribution in [2.75, 3.05) is 11.1 Å². The van der Waals surface area contributed by atoms with Crippen molar-refractivity contribution in [2.24, 2.45) is 0 Å². The van der Waals surface area contributed by atoms with E-state index in [-0.39, 0.29) is 5.91 Å². The minimum absolute atomic E-state index is 0.139. The molecule has 0 aliphatic rings. The minimum atomic E-state index is -0.139. The average Bonchev–Trinajstić information content (AvgIpc) is 2.31. The highest BCUT2D eigenvalue weighted by Gasteiger charge is 2.14. The summed E-state index contributed by atoms with van der Waals surface area (Å²) in [5, 5.41) is 2.85. The predicted octanol–water partition coefficient (Wildman–Crippen LogP) is 3.15. The van der Waals surface area contributed by atoms with Crippen LogP contribution in [0.1, 0.15) is 32.6 Å². The molecule has 0 spiro atoms. The molecule has 2 aromatic rings. The Morgan fingerprint density at radius 2 is 1.65 bits per heavy atom. The Morgan fingerprint density at radius 1 is 1.05 bits per heavy atom. The van der Waals surface area contributed by atoms with Gasteiger partial charge >= 0.3 is 0 Å². The number of hydrogen-bond acceptors (Lipinski definition) is 3. The second kappa shape index (κ2) is 5.33. The van der Waals surface area contributed by atoms with Crippen LogP contribution in [0.3, 0.4) is 0 Å². The Morgan fingerprint density at radius 3 is 2.20 bits per heavy atom. The molecule has 3 N–H and O–H groups in total. The van der Waals surface area contributed by atoms with Gasteiger partial charge in [0.1, 0.15) is 5.82 Å². The van der Waals surface area contributed by atoms with Crippen LogP contribution in [0, 0.1) is 27.7 Å². The number of aryl methyl sites for hydroxylation is 4. The van der Waals surface area contributed by atoms with E-state index in [0.29, 0.717) is 17.1 Å². The van der Waals surface area contributed by atoms with E-state index in [2.05, 4.69) is 10.3 Å². The molecule has 2 rings (SSSR count). The number of nitrogens with two attached hydrogens (primary N) is 1. The molecule has 0 unspecified atom stereocenters. The lowest BCUT2D eigenvalue weighted by Crippen LogP contribution is -2.17. The number of rotatable bonds is 2. The number of pyridine rings is 1. The van der Waals surface area contributed by atoms with Crippen LogP contribution in [0.15, 0.2) is 24.4 Å². The molecule has 1 aromatic carbocycles. The number of aromatic nitrogens is 1. The fraction of sp³-hybridized carbons (Fsp3) is 0.250. The van der Waals surface area contributed by atoms with Crippen LogP contribution in [0.4, 0.5) is 11.5 Å². The highest BCUT2D eigenvalue weighted by molar-refractivity contribution is 6.06. The van der Waals surface area contributed by atoms with Crippen LogP contribution < -0.4 is 11.1 Å². The molecular weight excluding hydrogens is 250 g/mol. The summed E-state index contributed by atoms with van der Waals surface area (Å²) in [5.41, 5.74) is 10.9. The molecule has 0 saturated carbocycles. The van der Waals surface area contributed by atoms with Gasteiger partial charge in [-0.05, 0) is 50.5 Å². The summed E-state index contributed by atoms with van der Waals surface area (Å²) in [6, 6.07) is 5.80. The lowest BCUT2D eigenvalue weighted by Gasteiger charge is -2.12. The number of benzene rings is 1. The number of hydrogen-bond donors (Lipinski definition) is 2. The third-order valence-electron chi connectivity index (χ3n) is 3.24. The molecule has 1 aromatic heterocycles. The summed E-state index contributed by atoms with van der Waals surface area (Å²) in [6.07, 6.45) is 1.54. The number of nitrogens with one attached hydrogen (secondary N) is 1. The van der Waals surface area contributed by atoms with E-state index < -0.39 is 0 Å². The predicted molar refractivity (Wildman–Crippen MR) is 82.0 cm³/mol. The molecule has 0 radical (unpaired) electrons. The Bertz CT molecular complexity index is 654. The second-order valence-corrected chi connectivity index (χ2v) is 5.16. The van der Waals surface area contributed by atoms with Crippen molar-refractivity contribution in [1.82, 2.24) is 4.98 Å². The lowest BCUT2D eigenvalue weighted by atomic mass is 9.99. The third kappa shape index (κ3) is 2.79. The van der Waals surface area contributed by atoms with Crippen molar-refractivity contribution in [3.05, 3.63) is 52.2 Å². The van der Waals surface area contributed by atoms with E-state index >= 15 is 0 Å². The molecule has 0 saturated heterocycles. The number of amides is 1. The number of anilines is 2. The van der Waals surface area contributed by atoms with E-state index in [1.807, 2.05) is 39.8 Å². The molecule has 0 aliphatic heterocycles. The monoisotopic (exact) mass is 269 g/mol. The van der Waals surface area contributed by atoms with E-state index in [1.165, 1.54) is 6.20 Å². The van der Waals surface area contributed by atoms with Gasteiger partial charge in [-0.15, -0.1) is 0 Å². The van der Waals surface area contributed by atoms with Gasteiger partial charge in [-0.3, -0.25) is 4.79 Å². The first-order chi connectivity index (χ1) is 9.38. The van der Waals surface area contributed by atoms with Crippen molar-refractivity contribution >= 4 is 17.4 Å². The van der Waals surface area contributed by atoms with Crippen LogP contribution in [0.25, 0.3) is 0 Å². The molecule has 1 heterocycles. The average molecular weight is 269 g/mol. The van der Waals surface area contributed by atoms with E-state index in [4.69, 9.17) is 5.73 Å². The molecular formula is C16H19N3O. The lowest BCUT2D eigenvalue weighted by molar-refractivity contribution is 0.102. The molecule has 0 aliphatic carbocycles. The standard InChI is InChI=1S/C16H19N3O/c1-9-5-10(2)14(11(3)6-9)16(20)19-15-12(4)7-13(17)8-18-15/h5-8H,17H2,1-4H3,(H,18,19,20). The fourth-order valence-corrected chi connectivity index (χ4v) is 2.44. The van der Waals surface area contributed by atoms with Gasteiger partial charge in [-0.1, -0.05) is 17.7 Å².